The first-order chi connectivity index (χ1) is 6.91. The molecule has 0 aliphatic rings. The van der Waals surface area contributed by atoms with Crippen molar-refractivity contribution in [2.24, 2.45) is 5.73 Å². The minimum Gasteiger partial charge on any atom is -0.324 e. The van der Waals surface area contributed by atoms with Crippen LogP contribution in [0.25, 0.3) is 0 Å². The summed E-state index contributed by atoms with van der Waals surface area (Å²) in [5.41, 5.74) is 4.45. The van der Waals surface area contributed by atoms with E-state index in [0.29, 0.717) is 12.1 Å². The third-order valence-corrected chi connectivity index (χ3v) is 1.85. The molecule has 0 aromatic heterocycles. The van der Waals surface area contributed by atoms with Crippen molar-refractivity contribution in [2.75, 3.05) is 0 Å². The van der Waals surface area contributed by atoms with Gasteiger partial charge < -0.3 is 5.73 Å². The maximum absolute atomic E-state index is 13.0. The molecule has 0 fully saturated rings. The van der Waals surface area contributed by atoms with Crippen LogP contribution in [0.3, 0.4) is 0 Å². The molecular formula is C9H8F5N. The molecule has 2 N–H and O–H groups in total. The Morgan fingerprint density at radius 2 is 1.53 bits per heavy atom. The number of rotatable bonds is 3. The van der Waals surface area contributed by atoms with E-state index < -0.39 is 41.9 Å². The molecule has 0 aliphatic heterocycles. The van der Waals surface area contributed by atoms with Gasteiger partial charge in [0.2, 0.25) is 6.43 Å². The molecule has 0 aliphatic carbocycles. The predicted octanol–water partition coefficient (Wildman–Crippen LogP) is 2.76. The van der Waals surface area contributed by atoms with Gasteiger partial charge >= 0.3 is 0 Å². The summed E-state index contributed by atoms with van der Waals surface area (Å²) >= 11 is 0. The van der Waals surface area contributed by atoms with Crippen LogP contribution in [-0.4, -0.2) is 6.43 Å². The molecule has 0 radical (unpaired) electrons. The van der Waals surface area contributed by atoms with Crippen molar-refractivity contribution in [3.63, 3.8) is 0 Å². The van der Waals surface area contributed by atoms with Crippen molar-refractivity contribution in [3.8, 4) is 0 Å². The van der Waals surface area contributed by atoms with E-state index in [1.165, 1.54) is 0 Å². The number of halogens is 5. The molecule has 0 bridgehead atoms. The van der Waals surface area contributed by atoms with Gasteiger partial charge in [-0.1, -0.05) is 0 Å². The van der Waals surface area contributed by atoms with E-state index >= 15 is 0 Å². The summed E-state index contributed by atoms with van der Waals surface area (Å²) in [4.78, 5) is 0. The van der Waals surface area contributed by atoms with Gasteiger partial charge in [-0.25, -0.2) is 22.0 Å². The summed E-state index contributed by atoms with van der Waals surface area (Å²) in [5.74, 6) is -3.61. The maximum atomic E-state index is 13.0. The fraction of sp³-hybridized carbons (Fsp3) is 0.333. The molecule has 1 nitrogen and oxygen atoms in total. The summed E-state index contributed by atoms with van der Waals surface area (Å²) in [7, 11) is 0. The van der Waals surface area contributed by atoms with Crippen LogP contribution in [-0.2, 0) is 0 Å². The molecule has 0 spiro atoms. The molecule has 84 valence electrons. The SMILES string of the molecule is N[C@@H](CC(F)F)c1c(F)cc(F)cc1F. The Morgan fingerprint density at radius 3 is 1.93 bits per heavy atom. The van der Waals surface area contributed by atoms with E-state index in [9.17, 15) is 22.0 Å². The first-order valence-corrected chi connectivity index (χ1v) is 4.10. The Kier molecular flexibility index (Phi) is 3.62. The molecule has 6 heteroatoms. The molecular weight excluding hydrogens is 217 g/mol. The van der Waals surface area contributed by atoms with Gasteiger partial charge in [-0.3, -0.25) is 0 Å². The van der Waals surface area contributed by atoms with Crippen LogP contribution in [0.2, 0.25) is 0 Å². The van der Waals surface area contributed by atoms with Crippen molar-refractivity contribution >= 4 is 0 Å². The average Bonchev–Trinajstić information content (AvgIpc) is 1.99. The van der Waals surface area contributed by atoms with E-state index in [0.717, 1.165) is 0 Å². The predicted molar refractivity (Wildman–Crippen MR) is 43.9 cm³/mol. The lowest BCUT2D eigenvalue weighted by atomic mass is 10.0. The topological polar surface area (TPSA) is 26.0 Å². The van der Waals surface area contributed by atoms with E-state index in [1.807, 2.05) is 0 Å². The molecule has 1 aromatic rings. The highest BCUT2D eigenvalue weighted by atomic mass is 19.3. The summed E-state index contributed by atoms with van der Waals surface area (Å²) in [6.45, 7) is 0. The van der Waals surface area contributed by atoms with Crippen LogP contribution in [0.4, 0.5) is 22.0 Å². The van der Waals surface area contributed by atoms with E-state index in [1.54, 1.807) is 0 Å². The largest absolute Gasteiger partial charge is 0.324 e. The highest BCUT2D eigenvalue weighted by Crippen LogP contribution is 2.24. The Hall–Kier alpha value is -1.17. The normalized spacial score (nSPS) is 13.3. The Labute approximate surface area is 82.7 Å². The van der Waals surface area contributed by atoms with Crippen molar-refractivity contribution in [1.29, 1.82) is 0 Å². The third-order valence-electron chi connectivity index (χ3n) is 1.85. The second-order valence-corrected chi connectivity index (χ2v) is 3.02. The van der Waals surface area contributed by atoms with Gasteiger partial charge in [-0.2, -0.15) is 0 Å². The molecule has 0 amide bonds. The number of alkyl halides is 2. The van der Waals surface area contributed by atoms with Crippen molar-refractivity contribution in [2.45, 2.75) is 18.9 Å². The molecule has 1 atom stereocenters. The first-order valence-electron chi connectivity index (χ1n) is 4.10. The average molecular weight is 225 g/mol. The zero-order valence-electron chi connectivity index (χ0n) is 7.48. The van der Waals surface area contributed by atoms with Gasteiger partial charge in [0, 0.05) is 30.2 Å². The zero-order valence-corrected chi connectivity index (χ0v) is 7.48. The lowest BCUT2D eigenvalue weighted by Gasteiger charge is -2.13. The summed E-state index contributed by atoms with van der Waals surface area (Å²) in [6, 6.07) is -0.668. The lowest BCUT2D eigenvalue weighted by Crippen LogP contribution is -2.17. The van der Waals surface area contributed by atoms with Crippen LogP contribution in [0.5, 0.6) is 0 Å². The second-order valence-electron chi connectivity index (χ2n) is 3.02. The minimum atomic E-state index is -2.77. The molecule has 1 rings (SSSR count). The summed E-state index contributed by atoms with van der Waals surface area (Å²) in [5, 5.41) is 0. The molecule has 0 saturated carbocycles. The highest BCUT2D eigenvalue weighted by molar-refractivity contribution is 5.24. The monoisotopic (exact) mass is 225 g/mol. The first kappa shape index (κ1) is 11.9. The number of hydrogen-bond donors (Lipinski definition) is 1. The molecule has 0 unspecified atom stereocenters. The molecule has 15 heavy (non-hydrogen) atoms. The van der Waals surface area contributed by atoms with Gasteiger partial charge in [0.15, 0.2) is 0 Å². The second kappa shape index (κ2) is 4.57. The number of nitrogens with two attached hydrogens (primary N) is 1. The van der Waals surface area contributed by atoms with Gasteiger partial charge in [0.25, 0.3) is 0 Å². The molecule has 1 aromatic carbocycles. The standard InChI is InChI=1S/C9H8F5N/c10-4-1-5(11)9(6(12)2-4)7(15)3-8(13)14/h1-2,7-8H,3,15H2/t7-/m0/s1. The fourth-order valence-corrected chi connectivity index (χ4v) is 1.22. The van der Waals surface area contributed by atoms with Crippen molar-refractivity contribution in [1.82, 2.24) is 0 Å². The van der Waals surface area contributed by atoms with E-state index in [-0.39, 0.29) is 0 Å². The van der Waals surface area contributed by atoms with Crippen molar-refractivity contribution in [3.05, 3.63) is 35.1 Å². The zero-order chi connectivity index (χ0) is 11.6. The summed E-state index contributed by atoms with van der Waals surface area (Å²) in [6.07, 6.45) is -3.65. The number of hydrogen-bond acceptors (Lipinski definition) is 1. The third kappa shape index (κ3) is 2.89. The quantitative estimate of drug-likeness (QED) is 0.786. The Bertz CT molecular complexity index is 329. The van der Waals surface area contributed by atoms with Crippen LogP contribution in [0, 0.1) is 17.5 Å². The van der Waals surface area contributed by atoms with Crippen molar-refractivity contribution < 1.29 is 22.0 Å². The minimum absolute atomic E-state index is 0.406. The highest BCUT2D eigenvalue weighted by Gasteiger charge is 2.21. The molecule has 0 heterocycles. The van der Waals surface area contributed by atoms with Gasteiger partial charge in [-0.05, 0) is 0 Å². The summed E-state index contributed by atoms with van der Waals surface area (Å²) < 4.78 is 62.3. The number of benzene rings is 1. The Balaban J connectivity index is 3.03. The lowest BCUT2D eigenvalue weighted by molar-refractivity contribution is 0.127. The van der Waals surface area contributed by atoms with Crippen LogP contribution in [0.1, 0.15) is 18.0 Å². The van der Waals surface area contributed by atoms with Crippen LogP contribution < -0.4 is 5.73 Å². The fourth-order valence-electron chi connectivity index (χ4n) is 1.22. The smallest absolute Gasteiger partial charge is 0.240 e. The Morgan fingerprint density at radius 1 is 1.07 bits per heavy atom. The van der Waals surface area contributed by atoms with Gasteiger partial charge in [-0.15, -0.1) is 0 Å². The van der Waals surface area contributed by atoms with Gasteiger partial charge in [0.1, 0.15) is 17.5 Å². The maximum Gasteiger partial charge on any atom is 0.240 e. The van der Waals surface area contributed by atoms with E-state index in [2.05, 4.69) is 0 Å². The van der Waals surface area contributed by atoms with E-state index in [4.69, 9.17) is 5.73 Å². The van der Waals surface area contributed by atoms with Crippen LogP contribution >= 0.6 is 0 Å². The van der Waals surface area contributed by atoms with Gasteiger partial charge in [0.05, 0.1) is 0 Å². The van der Waals surface area contributed by atoms with Crippen LogP contribution in [0.15, 0.2) is 12.1 Å². The molecule has 0 saturated heterocycles.